The van der Waals surface area contributed by atoms with Crippen LogP contribution in [0.3, 0.4) is 0 Å². The molecular weight excluding hydrogens is 198 g/mol. The third-order valence-corrected chi connectivity index (χ3v) is 3.94. The number of hydrogen-bond acceptors (Lipinski definition) is 2. The average molecular weight is 225 g/mol. The molecule has 0 aromatic rings. The van der Waals surface area contributed by atoms with Gasteiger partial charge in [-0.15, -0.1) is 0 Å². The fourth-order valence-corrected chi connectivity index (χ4v) is 2.75. The molecule has 1 saturated heterocycles. The van der Waals surface area contributed by atoms with Crippen molar-refractivity contribution in [2.75, 3.05) is 19.6 Å². The lowest BCUT2D eigenvalue weighted by atomic mass is 9.84. The van der Waals surface area contributed by atoms with Gasteiger partial charge >= 0.3 is 0 Å². The quantitative estimate of drug-likeness (QED) is 0.733. The van der Waals surface area contributed by atoms with Crippen molar-refractivity contribution in [1.29, 1.82) is 0 Å². The number of hydrogen-bond donors (Lipinski definition) is 0. The molecular formula is C14H27NO. The van der Waals surface area contributed by atoms with Gasteiger partial charge in [0.05, 0.1) is 0 Å². The molecule has 2 heteroatoms. The molecule has 1 unspecified atom stereocenters. The van der Waals surface area contributed by atoms with E-state index in [-0.39, 0.29) is 5.92 Å². The van der Waals surface area contributed by atoms with E-state index in [1.165, 1.54) is 0 Å². The minimum absolute atomic E-state index is 0.244. The summed E-state index contributed by atoms with van der Waals surface area (Å²) in [6.07, 6.45) is 0.754. The molecule has 0 amide bonds. The van der Waals surface area contributed by atoms with Crippen molar-refractivity contribution < 1.29 is 4.79 Å². The summed E-state index contributed by atoms with van der Waals surface area (Å²) in [6, 6.07) is 0. The van der Waals surface area contributed by atoms with Crippen molar-refractivity contribution in [3.05, 3.63) is 0 Å². The van der Waals surface area contributed by atoms with Crippen molar-refractivity contribution in [1.82, 2.24) is 4.90 Å². The molecule has 16 heavy (non-hydrogen) atoms. The molecule has 0 aromatic carbocycles. The Morgan fingerprint density at radius 3 is 2.25 bits per heavy atom. The van der Waals surface area contributed by atoms with Crippen LogP contribution in [-0.4, -0.2) is 30.3 Å². The molecule has 0 saturated carbocycles. The molecule has 0 radical (unpaired) electrons. The fourth-order valence-electron chi connectivity index (χ4n) is 2.75. The first-order valence-electron chi connectivity index (χ1n) is 6.66. The summed E-state index contributed by atoms with van der Waals surface area (Å²) < 4.78 is 0. The number of ketones is 1. The maximum atomic E-state index is 11.5. The molecule has 0 bridgehead atoms. The van der Waals surface area contributed by atoms with Gasteiger partial charge in [0.1, 0.15) is 5.78 Å². The van der Waals surface area contributed by atoms with Crippen molar-refractivity contribution in [3.63, 3.8) is 0 Å². The summed E-state index contributed by atoms with van der Waals surface area (Å²) in [5, 5.41) is 0. The Balaban J connectivity index is 2.49. The first-order valence-corrected chi connectivity index (χ1v) is 6.66. The standard InChI is InChI=1S/C14H27NO/c1-10(2)13(11(3)4)9-15-7-6-14(16)12(5)8-15/h10-13H,6-9H2,1-5H3. The summed E-state index contributed by atoms with van der Waals surface area (Å²) in [6.45, 7) is 14.4. The number of rotatable bonds is 4. The number of likely N-dealkylation sites (tertiary alicyclic amines) is 1. The van der Waals surface area contributed by atoms with Gasteiger partial charge in [-0.1, -0.05) is 34.6 Å². The Morgan fingerprint density at radius 2 is 1.81 bits per heavy atom. The zero-order chi connectivity index (χ0) is 12.3. The summed E-state index contributed by atoms with van der Waals surface area (Å²) in [5.74, 6) is 2.90. The van der Waals surface area contributed by atoms with Gasteiger partial charge in [0.25, 0.3) is 0 Å². The molecule has 1 rings (SSSR count). The van der Waals surface area contributed by atoms with E-state index < -0.39 is 0 Å². The Morgan fingerprint density at radius 1 is 1.25 bits per heavy atom. The summed E-state index contributed by atoms with van der Waals surface area (Å²) in [4.78, 5) is 13.9. The van der Waals surface area contributed by atoms with Gasteiger partial charge < -0.3 is 4.90 Å². The maximum Gasteiger partial charge on any atom is 0.138 e. The van der Waals surface area contributed by atoms with Gasteiger partial charge in [0, 0.05) is 32.0 Å². The highest BCUT2D eigenvalue weighted by Gasteiger charge is 2.27. The van der Waals surface area contributed by atoms with Crippen LogP contribution in [0.15, 0.2) is 0 Å². The van der Waals surface area contributed by atoms with E-state index in [2.05, 4.69) is 39.5 Å². The van der Waals surface area contributed by atoms with E-state index in [9.17, 15) is 4.79 Å². The van der Waals surface area contributed by atoms with E-state index in [0.717, 1.165) is 43.8 Å². The van der Waals surface area contributed by atoms with Crippen LogP contribution in [0.5, 0.6) is 0 Å². The van der Waals surface area contributed by atoms with Gasteiger partial charge in [-0.3, -0.25) is 4.79 Å². The maximum absolute atomic E-state index is 11.5. The molecule has 1 atom stereocenters. The van der Waals surface area contributed by atoms with Gasteiger partial charge in [0.15, 0.2) is 0 Å². The molecule has 1 heterocycles. The first-order chi connectivity index (χ1) is 7.41. The van der Waals surface area contributed by atoms with E-state index >= 15 is 0 Å². The van der Waals surface area contributed by atoms with Gasteiger partial charge in [0.2, 0.25) is 0 Å². The van der Waals surface area contributed by atoms with E-state index in [1.807, 2.05) is 0 Å². The molecule has 0 spiro atoms. The number of nitrogens with zero attached hydrogens (tertiary/aromatic N) is 1. The Hall–Kier alpha value is -0.370. The Bertz CT molecular complexity index is 227. The largest absolute Gasteiger partial charge is 0.302 e. The number of Topliss-reactive ketones (excluding diaryl/α,β-unsaturated/α-hetero) is 1. The van der Waals surface area contributed by atoms with Gasteiger partial charge in [-0.25, -0.2) is 0 Å². The highest BCUT2D eigenvalue weighted by molar-refractivity contribution is 5.81. The second-order valence-electron chi connectivity index (χ2n) is 6.03. The topological polar surface area (TPSA) is 20.3 Å². The van der Waals surface area contributed by atoms with Crippen LogP contribution < -0.4 is 0 Å². The highest BCUT2D eigenvalue weighted by Crippen LogP contribution is 2.23. The normalized spacial score (nSPS) is 23.8. The Labute approximate surface area is 100 Å². The lowest BCUT2D eigenvalue weighted by Gasteiger charge is -2.35. The monoisotopic (exact) mass is 225 g/mol. The molecule has 0 aliphatic carbocycles. The average Bonchev–Trinajstić information content (AvgIpc) is 2.18. The first kappa shape index (κ1) is 13.7. The van der Waals surface area contributed by atoms with Gasteiger partial charge in [-0.05, 0) is 17.8 Å². The fraction of sp³-hybridized carbons (Fsp3) is 0.929. The minimum atomic E-state index is 0.244. The number of carbonyl (C=O) groups excluding carboxylic acids is 1. The second-order valence-corrected chi connectivity index (χ2v) is 6.03. The predicted octanol–water partition coefficient (Wildman–Crippen LogP) is 2.83. The minimum Gasteiger partial charge on any atom is -0.302 e. The number of piperidine rings is 1. The van der Waals surface area contributed by atoms with Crippen LogP contribution in [0, 0.1) is 23.7 Å². The molecule has 1 aliphatic heterocycles. The molecule has 2 nitrogen and oxygen atoms in total. The third kappa shape index (κ3) is 3.58. The van der Waals surface area contributed by atoms with Crippen molar-refractivity contribution in [2.24, 2.45) is 23.7 Å². The van der Waals surface area contributed by atoms with Gasteiger partial charge in [-0.2, -0.15) is 0 Å². The lowest BCUT2D eigenvalue weighted by Crippen LogP contribution is -2.43. The second kappa shape index (κ2) is 5.81. The van der Waals surface area contributed by atoms with Crippen LogP contribution in [0.25, 0.3) is 0 Å². The SMILES string of the molecule is CC1CN(CC(C(C)C)C(C)C)CCC1=O. The smallest absolute Gasteiger partial charge is 0.138 e. The van der Waals surface area contributed by atoms with E-state index in [0.29, 0.717) is 5.78 Å². The highest BCUT2D eigenvalue weighted by atomic mass is 16.1. The van der Waals surface area contributed by atoms with Crippen molar-refractivity contribution in [3.8, 4) is 0 Å². The summed E-state index contributed by atoms with van der Waals surface area (Å²) in [5.41, 5.74) is 0. The number of carbonyl (C=O) groups is 1. The predicted molar refractivity (Wildman–Crippen MR) is 68.4 cm³/mol. The summed E-state index contributed by atoms with van der Waals surface area (Å²) in [7, 11) is 0. The zero-order valence-electron chi connectivity index (χ0n) is 11.5. The molecule has 1 aliphatic rings. The molecule has 1 fully saturated rings. The molecule has 94 valence electrons. The zero-order valence-corrected chi connectivity index (χ0v) is 11.5. The third-order valence-electron chi connectivity index (χ3n) is 3.94. The van der Waals surface area contributed by atoms with Crippen LogP contribution in [0.4, 0.5) is 0 Å². The van der Waals surface area contributed by atoms with Crippen molar-refractivity contribution in [2.45, 2.75) is 41.0 Å². The summed E-state index contributed by atoms with van der Waals surface area (Å²) >= 11 is 0. The van der Waals surface area contributed by atoms with Crippen LogP contribution >= 0.6 is 0 Å². The van der Waals surface area contributed by atoms with Crippen LogP contribution in [0.1, 0.15) is 41.0 Å². The van der Waals surface area contributed by atoms with Crippen molar-refractivity contribution >= 4 is 5.78 Å². The Kier molecular flexibility index (Phi) is 4.97. The van der Waals surface area contributed by atoms with Crippen LogP contribution in [0.2, 0.25) is 0 Å². The van der Waals surface area contributed by atoms with E-state index in [1.54, 1.807) is 0 Å². The van der Waals surface area contributed by atoms with E-state index in [4.69, 9.17) is 0 Å². The van der Waals surface area contributed by atoms with Crippen LogP contribution in [-0.2, 0) is 4.79 Å². The molecule has 0 aromatic heterocycles. The lowest BCUT2D eigenvalue weighted by molar-refractivity contribution is -0.125. The molecule has 0 N–H and O–H groups in total.